The van der Waals surface area contributed by atoms with Gasteiger partial charge in [-0.1, -0.05) is 35.3 Å². The van der Waals surface area contributed by atoms with Crippen molar-refractivity contribution in [2.75, 3.05) is 5.73 Å². The second kappa shape index (κ2) is 5.90. The van der Waals surface area contributed by atoms with E-state index in [2.05, 4.69) is 0 Å². The minimum atomic E-state index is -1.44. The Labute approximate surface area is 122 Å². The maximum Gasteiger partial charge on any atom is 0.126 e. The Bertz CT molecular complexity index is 628. The van der Waals surface area contributed by atoms with Gasteiger partial charge in [-0.2, -0.15) is 0 Å². The highest BCUT2D eigenvalue weighted by Gasteiger charge is 2.11. The van der Waals surface area contributed by atoms with Crippen LogP contribution in [0.2, 0.25) is 10.0 Å². The lowest BCUT2D eigenvalue weighted by Crippen LogP contribution is -1.99. The van der Waals surface area contributed by atoms with E-state index in [0.29, 0.717) is 20.5 Å². The molecule has 0 saturated carbocycles. The molecule has 0 amide bonds. The number of benzene rings is 2. The molecular weight excluding hydrogens is 308 g/mol. The molecule has 0 fully saturated rings. The molecule has 2 rings (SSSR count). The number of halogens is 3. The number of anilines is 1. The molecule has 0 bridgehead atoms. The van der Waals surface area contributed by atoms with Gasteiger partial charge in [0.25, 0.3) is 0 Å². The number of rotatable bonds is 3. The smallest absolute Gasteiger partial charge is 0.126 e. The molecule has 2 N–H and O–H groups in total. The van der Waals surface area contributed by atoms with Crippen molar-refractivity contribution in [3.8, 4) is 0 Å². The summed E-state index contributed by atoms with van der Waals surface area (Å²) in [6.45, 7) is 0. The Morgan fingerprint density at radius 2 is 1.95 bits per heavy atom. The van der Waals surface area contributed by atoms with Gasteiger partial charge in [-0.25, -0.2) is 4.39 Å². The fraction of sp³-hybridized carbons (Fsp3) is 0.0769. The summed E-state index contributed by atoms with van der Waals surface area (Å²) in [4.78, 5) is 0.327. The highest BCUT2D eigenvalue weighted by Crippen LogP contribution is 2.27. The lowest BCUT2D eigenvalue weighted by Gasteiger charge is -2.07. The van der Waals surface area contributed by atoms with Gasteiger partial charge in [-0.05, 0) is 29.8 Å². The average molecular weight is 318 g/mol. The quantitative estimate of drug-likeness (QED) is 0.869. The topological polar surface area (TPSA) is 43.1 Å². The van der Waals surface area contributed by atoms with Crippen LogP contribution in [0.15, 0.2) is 41.3 Å². The Morgan fingerprint density at radius 3 is 2.63 bits per heavy atom. The third-order valence-corrected chi connectivity index (χ3v) is 4.67. The van der Waals surface area contributed by atoms with E-state index in [1.165, 1.54) is 18.2 Å². The molecule has 0 aromatic heterocycles. The molecule has 19 heavy (non-hydrogen) atoms. The second-order valence-corrected chi connectivity index (χ2v) is 6.16. The Kier molecular flexibility index (Phi) is 4.45. The van der Waals surface area contributed by atoms with Gasteiger partial charge in [0.1, 0.15) is 5.82 Å². The van der Waals surface area contributed by atoms with Gasteiger partial charge in [-0.15, -0.1) is 0 Å². The van der Waals surface area contributed by atoms with Crippen LogP contribution in [0.5, 0.6) is 0 Å². The first kappa shape index (κ1) is 14.3. The van der Waals surface area contributed by atoms with Crippen LogP contribution in [-0.2, 0) is 16.6 Å². The molecule has 1 atom stereocenters. The van der Waals surface area contributed by atoms with Gasteiger partial charge < -0.3 is 5.73 Å². The fourth-order valence-corrected chi connectivity index (χ4v) is 3.27. The van der Waals surface area contributed by atoms with Crippen molar-refractivity contribution in [1.82, 2.24) is 0 Å². The SMILES string of the molecule is Nc1cc(F)cc(S(=O)Cc2cccc(Cl)c2Cl)c1. The van der Waals surface area contributed by atoms with Gasteiger partial charge >= 0.3 is 0 Å². The van der Waals surface area contributed by atoms with Gasteiger partial charge in [-0.3, -0.25) is 4.21 Å². The molecule has 1 unspecified atom stereocenters. The molecule has 2 aromatic rings. The summed E-state index contributed by atoms with van der Waals surface area (Å²) in [6.07, 6.45) is 0. The lowest BCUT2D eigenvalue weighted by molar-refractivity contribution is 0.623. The largest absolute Gasteiger partial charge is 0.399 e. The summed E-state index contributed by atoms with van der Waals surface area (Å²) in [5.41, 5.74) is 6.41. The fourth-order valence-electron chi connectivity index (χ4n) is 1.60. The first-order valence-corrected chi connectivity index (χ1v) is 7.42. The molecule has 6 heteroatoms. The molecular formula is C13H10Cl2FNOS. The molecule has 100 valence electrons. The van der Waals surface area contributed by atoms with Crippen molar-refractivity contribution in [3.05, 3.63) is 57.8 Å². The number of nitrogen functional groups attached to an aromatic ring is 1. The van der Waals surface area contributed by atoms with Crippen molar-refractivity contribution in [3.63, 3.8) is 0 Å². The molecule has 0 aliphatic carbocycles. The van der Waals surface area contributed by atoms with E-state index in [4.69, 9.17) is 28.9 Å². The van der Waals surface area contributed by atoms with E-state index in [1.807, 2.05) is 0 Å². The minimum absolute atomic E-state index is 0.155. The second-order valence-electron chi connectivity index (χ2n) is 3.92. The van der Waals surface area contributed by atoms with Crippen LogP contribution < -0.4 is 5.73 Å². The standard InChI is InChI=1S/C13H10Cl2FNOS/c14-12-3-1-2-8(13(12)15)7-19(18)11-5-9(16)4-10(17)6-11/h1-6H,7,17H2. The van der Waals surface area contributed by atoms with E-state index >= 15 is 0 Å². The zero-order valence-electron chi connectivity index (χ0n) is 9.70. The van der Waals surface area contributed by atoms with Crippen LogP contribution in [0.3, 0.4) is 0 Å². The van der Waals surface area contributed by atoms with E-state index in [-0.39, 0.29) is 11.4 Å². The summed E-state index contributed by atoms with van der Waals surface area (Å²) in [7, 11) is -1.44. The molecule has 0 heterocycles. The van der Waals surface area contributed by atoms with Crippen molar-refractivity contribution in [1.29, 1.82) is 0 Å². The van der Waals surface area contributed by atoms with Crippen molar-refractivity contribution in [2.45, 2.75) is 10.6 Å². The van der Waals surface area contributed by atoms with Crippen molar-refractivity contribution >= 4 is 39.7 Å². The van der Waals surface area contributed by atoms with Crippen molar-refractivity contribution < 1.29 is 8.60 Å². The monoisotopic (exact) mass is 317 g/mol. The van der Waals surface area contributed by atoms with Gasteiger partial charge in [0, 0.05) is 10.6 Å². The summed E-state index contributed by atoms with van der Waals surface area (Å²) in [6, 6.07) is 8.96. The summed E-state index contributed by atoms with van der Waals surface area (Å²) in [5.74, 6) is -0.358. The van der Waals surface area contributed by atoms with Gasteiger partial charge in [0.15, 0.2) is 0 Å². The molecule has 0 radical (unpaired) electrons. The van der Waals surface area contributed by atoms with Gasteiger partial charge in [0.2, 0.25) is 0 Å². The number of nitrogens with two attached hydrogens (primary N) is 1. The van der Waals surface area contributed by atoms with E-state index in [0.717, 1.165) is 0 Å². The summed E-state index contributed by atoms with van der Waals surface area (Å²) >= 11 is 11.9. The molecule has 0 aliphatic rings. The minimum Gasteiger partial charge on any atom is -0.399 e. The number of hydrogen-bond donors (Lipinski definition) is 1. The zero-order valence-corrected chi connectivity index (χ0v) is 12.0. The molecule has 2 nitrogen and oxygen atoms in total. The highest BCUT2D eigenvalue weighted by molar-refractivity contribution is 7.84. The predicted molar refractivity (Wildman–Crippen MR) is 77.4 cm³/mol. The first-order chi connectivity index (χ1) is 8.97. The summed E-state index contributed by atoms with van der Waals surface area (Å²) < 4.78 is 25.4. The lowest BCUT2D eigenvalue weighted by atomic mass is 10.2. The van der Waals surface area contributed by atoms with Crippen LogP contribution >= 0.6 is 23.2 Å². The average Bonchev–Trinajstić information content (AvgIpc) is 2.33. The van der Waals surface area contributed by atoms with Gasteiger partial charge in [0.05, 0.1) is 26.6 Å². The maximum atomic E-state index is 13.2. The normalized spacial score (nSPS) is 12.4. The van der Waals surface area contributed by atoms with E-state index in [1.54, 1.807) is 18.2 Å². The Balaban J connectivity index is 2.28. The third-order valence-electron chi connectivity index (χ3n) is 2.47. The molecule has 0 spiro atoms. The first-order valence-electron chi connectivity index (χ1n) is 5.34. The van der Waals surface area contributed by atoms with Crippen molar-refractivity contribution in [2.24, 2.45) is 0 Å². The molecule has 0 saturated heterocycles. The maximum absolute atomic E-state index is 13.2. The third kappa shape index (κ3) is 3.47. The van der Waals surface area contributed by atoms with Crippen LogP contribution in [-0.4, -0.2) is 4.21 Å². The highest BCUT2D eigenvalue weighted by atomic mass is 35.5. The van der Waals surface area contributed by atoms with Crippen LogP contribution in [0.25, 0.3) is 0 Å². The van der Waals surface area contributed by atoms with E-state index < -0.39 is 16.6 Å². The van der Waals surface area contributed by atoms with E-state index in [9.17, 15) is 8.60 Å². The number of hydrogen-bond acceptors (Lipinski definition) is 2. The van der Waals surface area contributed by atoms with Crippen LogP contribution in [0.4, 0.5) is 10.1 Å². The van der Waals surface area contributed by atoms with Crippen LogP contribution in [0, 0.1) is 5.82 Å². The predicted octanol–water partition coefficient (Wildman–Crippen LogP) is 4.02. The Hall–Kier alpha value is -1.10. The zero-order chi connectivity index (χ0) is 14.0. The molecule has 0 aliphatic heterocycles. The molecule has 2 aromatic carbocycles. The Morgan fingerprint density at radius 1 is 1.21 bits per heavy atom. The van der Waals surface area contributed by atoms with Crippen LogP contribution in [0.1, 0.15) is 5.56 Å². The summed E-state index contributed by atoms with van der Waals surface area (Å²) in [5, 5.41) is 0.761.